The number of amides is 3. The Morgan fingerprint density at radius 3 is 2.58 bits per heavy atom. The van der Waals surface area contributed by atoms with Crippen LogP contribution < -0.4 is 10.1 Å². The normalized spacial score (nSPS) is 17.9. The van der Waals surface area contributed by atoms with Crippen molar-refractivity contribution in [1.29, 1.82) is 0 Å². The maximum Gasteiger partial charge on any atom is 0.325 e. The number of hydrogen-bond donors (Lipinski definition) is 2. The number of benzene rings is 2. The van der Waals surface area contributed by atoms with Gasteiger partial charge in [0, 0.05) is 5.39 Å². The Bertz CT molecular complexity index is 782. The molecule has 24 heavy (non-hydrogen) atoms. The zero-order valence-electron chi connectivity index (χ0n) is 13.7. The van der Waals surface area contributed by atoms with E-state index in [-0.39, 0.29) is 19.1 Å². The molecule has 1 aliphatic rings. The van der Waals surface area contributed by atoms with Gasteiger partial charge in [-0.05, 0) is 25.3 Å². The molecule has 0 radical (unpaired) electrons. The average molecular weight is 328 g/mol. The second-order valence-corrected chi connectivity index (χ2v) is 6.41. The molecule has 0 spiro atoms. The Kier molecular flexibility index (Phi) is 4.15. The van der Waals surface area contributed by atoms with Crippen molar-refractivity contribution in [2.75, 3.05) is 13.2 Å². The Hall–Kier alpha value is -2.60. The minimum absolute atomic E-state index is 0.00844. The van der Waals surface area contributed by atoms with Crippen LogP contribution in [-0.2, 0) is 4.79 Å². The van der Waals surface area contributed by atoms with Gasteiger partial charge in [0.1, 0.15) is 24.0 Å². The van der Waals surface area contributed by atoms with E-state index in [0.717, 1.165) is 15.7 Å². The zero-order chi connectivity index (χ0) is 17.3. The molecule has 3 rings (SSSR count). The lowest BCUT2D eigenvalue weighted by Gasteiger charge is -2.19. The van der Waals surface area contributed by atoms with Gasteiger partial charge in [-0.15, -0.1) is 0 Å². The monoisotopic (exact) mass is 328 g/mol. The van der Waals surface area contributed by atoms with Gasteiger partial charge < -0.3 is 15.2 Å². The highest BCUT2D eigenvalue weighted by atomic mass is 16.5. The number of ether oxygens (including phenoxy) is 1. The molecule has 1 heterocycles. The molecule has 0 aliphatic carbocycles. The molecular weight excluding hydrogens is 308 g/mol. The van der Waals surface area contributed by atoms with Gasteiger partial charge >= 0.3 is 6.03 Å². The largest absolute Gasteiger partial charge is 0.490 e. The van der Waals surface area contributed by atoms with E-state index in [4.69, 9.17) is 4.74 Å². The molecule has 1 saturated heterocycles. The van der Waals surface area contributed by atoms with E-state index in [9.17, 15) is 14.7 Å². The number of β-amino-alcohol motifs (C(OH)–C–C–N with tert-alkyl or cyclic N) is 1. The van der Waals surface area contributed by atoms with Crippen LogP contribution in [0.4, 0.5) is 4.79 Å². The number of nitrogens with one attached hydrogen (secondary N) is 1. The van der Waals surface area contributed by atoms with Crippen molar-refractivity contribution in [3.63, 3.8) is 0 Å². The minimum atomic E-state index is -0.965. The Labute approximate surface area is 140 Å². The van der Waals surface area contributed by atoms with Crippen molar-refractivity contribution in [2.45, 2.75) is 25.5 Å². The van der Waals surface area contributed by atoms with Crippen LogP contribution in [0.3, 0.4) is 0 Å². The molecule has 6 heteroatoms. The molecule has 2 aromatic carbocycles. The third kappa shape index (κ3) is 3.05. The third-order valence-corrected chi connectivity index (χ3v) is 4.02. The van der Waals surface area contributed by atoms with Crippen LogP contribution in [0.15, 0.2) is 42.5 Å². The summed E-state index contributed by atoms with van der Waals surface area (Å²) in [4.78, 5) is 25.0. The second kappa shape index (κ2) is 6.13. The first-order valence-corrected chi connectivity index (χ1v) is 7.81. The van der Waals surface area contributed by atoms with Gasteiger partial charge in [-0.3, -0.25) is 9.69 Å². The standard InChI is InChI=1S/C18H20N2O4/c1-18(2)16(22)20(17(23)19-18)10-13(21)11-24-15-9-5-7-12-6-3-4-8-14(12)15/h3-9,13,21H,10-11H2,1-2H3,(H,19,23)/t13-/m1/s1. The minimum Gasteiger partial charge on any atom is -0.490 e. The quantitative estimate of drug-likeness (QED) is 0.822. The van der Waals surface area contributed by atoms with Gasteiger partial charge in [-0.2, -0.15) is 0 Å². The van der Waals surface area contributed by atoms with Crippen molar-refractivity contribution in [2.24, 2.45) is 0 Å². The van der Waals surface area contributed by atoms with Gasteiger partial charge in [0.15, 0.2) is 0 Å². The van der Waals surface area contributed by atoms with Gasteiger partial charge in [0.2, 0.25) is 0 Å². The summed E-state index contributed by atoms with van der Waals surface area (Å²) in [6.45, 7) is 3.16. The molecule has 6 nitrogen and oxygen atoms in total. The van der Waals surface area contributed by atoms with E-state index in [2.05, 4.69) is 5.32 Å². The summed E-state index contributed by atoms with van der Waals surface area (Å²) in [7, 11) is 0. The molecule has 0 bridgehead atoms. The van der Waals surface area contributed by atoms with Crippen LogP contribution >= 0.6 is 0 Å². The topological polar surface area (TPSA) is 78.9 Å². The fraction of sp³-hybridized carbons (Fsp3) is 0.333. The first-order chi connectivity index (χ1) is 11.4. The number of urea groups is 1. The number of imide groups is 1. The van der Waals surface area contributed by atoms with Gasteiger partial charge in [-0.25, -0.2) is 4.79 Å². The molecule has 3 amide bonds. The molecule has 126 valence electrons. The van der Waals surface area contributed by atoms with Crippen LogP contribution in [0.25, 0.3) is 10.8 Å². The lowest BCUT2D eigenvalue weighted by Crippen LogP contribution is -2.42. The predicted octanol–water partition coefficient (Wildman–Crippen LogP) is 1.91. The molecular formula is C18H20N2O4. The van der Waals surface area contributed by atoms with Gasteiger partial charge in [-0.1, -0.05) is 36.4 Å². The molecule has 1 fully saturated rings. The van der Waals surface area contributed by atoms with Crippen molar-refractivity contribution in [1.82, 2.24) is 10.2 Å². The number of carbonyl (C=O) groups excluding carboxylic acids is 2. The Morgan fingerprint density at radius 2 is 1.88 bits per heavy atom. The lowest BCUT2D eigenvalue weighted by atomic mass is 10.1. The highest BCUT2D eigenvalue weighted by Gasteiger charge is 2.44. The van der Waals surface area contributed by atoms with E-state index < -0.39 is 17.7 Å². The molecule has 0 unspecified atom stereocenters. The maximum absolute atomic E-state index is 12.1. The maximum atomic E-state index is 12.1. The fourth-order valence-electron chi connectivity index (χ4n) is 2.75. The first-order valence-electron chi connectivity index (χ1n) is 7.81. The number of fused-ring (bicyclic) bond motifs is 1. The van der Waals surface area contributed by atoms with Crippen LogP contribution in [0.1, 0.15) is 13.8 Å². The van der Waals surface area contributed by atoms with E-state index in [1.165, 1.54) is 0 Å². The number of aliphatic hydroxyl groups excluding tert-OH is 1. The molecule has 2 aromatic rings. The van der Waals surface area contributed by atoms with E-state index >= 15 is 0 Å². The highest BCUT2D eigenvalue weighted by Crippen LogP contribution is 2.25. The SMILES string of the molecule is CC1(C)NC(=O)N(C[C@@H](O)COc2cccc3ccccc23)C1=O. The molecule has 1 atom stereocenters. The predicted molar refractivity (Wildman–Crippen MR) is 89.8 cm³/mol. The summed E-state index contributed by atoms with van der Waals surface area (Å²) in [6, 6.07) is 13.0. The molecule has 2 N–H and O–H groups in total. The summed E-state index contributed by atoms with van der Waals surface area (Å²) < 4.78 is 5.69. The van der Waals surface area contributed by atoms with Crippen LogP contribution in [0, 0.1) is 0 Å². The average Bonchev–Trinajstić information content (AvgIpc) is 2.74. The van der Waals surface area contributed by atoms with Gasteiger partial charge in [0.05, 0.1) is 6.54 Å². The Balaban J connectivity index is 1.65. The molecule has 1 aliphatic heterocycles. The molecule has 0 aromatic heterocycles. The summed E-state index contributed by atoms with van der Waals surface area (Å²) in [5.41, 5.74) is -0.937. The van der Waals surface area contributed by atoms with Crippen LogP contribution in [-0.4, -0.2) is 46.7 Å². The van der Waals surface area contributed by atoms with E-state index in [1.54, 1.807) is 13.8 Å². The second-order valence-electron chi connectivity index (χ2n) is 6.41. The van der Waals surface area contributed by atoms with E-state index in [0.29, 0.717) is 5.75 Å². The van der Waals surface area contributed by atoms with E-state index in [1.807, 2.05) is 42.5 Å². The smallest absolute Gasteiger partial charge is 0.325 e. The number of aliphatic hydroxyl groups is 1. The summed E-state index contributed by atoms with van der Waals surface area (Å²) in [6.07, 6.45) is -0.965. The first kappa shape index (κ1) is 16.3. The van der Waals surface area contributed by atoms with Crippen LogP contribution in [0.2, 0.25) is 0 Å². The van der Waals surface area contributed by atoms with Crippen molar-refractivity contribution < 1.29 is 19.4 Å². The number of rotatable bonds is 5. The van der Waals surface area contributed by atoms with Crippen LogP contribution in [0.5, 0.6) is 5.75 Å². The number of nitrogens with zero attached hydrogens (tertiary/aromatic N) is 1. The molecule has 0 saturated carbocycles. The van der Waals surface area contributed by atoms with Crippen molar-refractivity contribution in [3.05, 3.63) is 42.5 Å². The number of carbonyl (C=O) groups is 2. The Morgan fingerprint density at radius 1 is 1.17 bits per heavy atom. The fourth-order valence-corrected chi connectivity index (χ4v) is 2.75. The van der Waals surface area contributed by atoms with Crippen molar-refractivity contribution in [3.8, 4) is 5.75 Å². The summed E-state index contributed by atoms with van der Waals surface area (Å²) in [5.74, 6) is 0.307. The lowest BCUT2D eigenvalue weighted by molar-refractivity contribution is -0.131. The number of hydrogen-bond acceptors (Lipinski definition) is 4. The summed E-state index contributed by atoms with van der Waals surface area (Å²) in [5, 5.41) is 14.7. The van der Waals surface area contributed by atoms with Crippen molar-refractivity contribution >= 4 is 22.7 Å². The summed E-state index contributed by atoms with van der Waals surface area (Å²) >= 11 is 0. The highest BCUT2D eigenvalue weighted by molar-refractivity contribution is 6.06. The van der Waals surface area contributed by atoms with Gasteiger partial charge in [0.25, 0.3) is 5.91 Å². The third-order valence-electron chi connectivity index (χ3n) is 4.02. The zero-order valence-corrected chi connectivity index (χ0v) is 13.7.